The lowest BCUT2D eigenvalue weighted by molar-refractivity contribution is -0.135. The number of carbonyl (C=O) groups is 1. The highest BCUT2D eigenvalue weighted by Crippen LogP contribution is 2.20. The van der Waals surface area contributed by atoms with E-state index in [2.05, 4.69) is 4.98 Å². The number of carbonyl (C=O) groups excluding carboxylic acids is 1. The molecule has 2 aliphatic rings. The van der Waals surface area contributed by atoms with Gasteiger partial charge in [-0.05, 0) is 31.9 Å². The van der Waals surface area contributed by atoms with Gasteiger partial charge in [0.25, 0.3) is 5.91 Å². The first-order valence-electron chi connectivity index (χ1n) is 8.01. The fraction of sp³-hybridized carbons (Fsp3) is 0.529. The van der Waals surface area contributed by atoms with Gasteiger partial charge in [0, 0.05) is 19.3 Å². The molecule has 0 bridgehead atoms. The van der Waals surface area contributed by atoms with Gasteiger partial charge in [-0.1, -0.05) is 6.07 Å². The highest BCUT2D eigenvalue weighted by atomic mass is 16.6. The van der Waals surface area contributed by atoms with Crippen LogP contribution in [0.2, 0.25) is 0 Å². The maximum Gasteiger partial charge on any atom is 0.292 e. The highest BCUT2D eigenvalue weighted by Gasteiger charge is 2.29. The molecule has 1 fully saturated rings. The van der Waals surface area contributed by atoms with Crippen LogP contribution in [0.5, 0.6) is 0 Å². The Kier molecular flexibility index (Phi) is 5.12. The van der Waals surface area contributed by atoms with Gasteiger partial charge in [-0.25, -0.2) is 0 Å². The quantitative estimate of drug-likeness (QED) is 0.829. The number of amides is 1. The molecule has 6 nitrogen and oxygen atoms in total. The zero-order valence-corrected chi connectivity index (χ0v) is 13.4. The molecule has 3 heterocycles. The molecule has 0 radical (unpaired) electrons. The van der Waals surface area contributed by atoms with Gasteiger partial charge in [0.1, 0.15) is 19.0 Å². The third-order valence-corrected chi connectivity index (χ3v) is 3.98. The molecular weight excluding hydrogens is 296 g/mol. The molecule has 1 aromatic heterocycles. The topological polar surface area (TPSA) is 60.9 Å². The molecule has 0 N–H and O–H groups in total. The van der Waals surface area contributed by atoms with Gasteiger partial charge in [-0.2, -0.15) is 0 Å². The first-order valence-corrected chi connectivity index (χ1v) is 8.01. The molecule has 1 aromatic rings. The minimum Gasteiger partial charge on any atom is -0.491 e. The van der Waals surface area contributed by atoms with Crippen molar-refractivity contribution >= 4 is 5.91 Å². The number of allylic oxidation sites excluding steroid dienone is 1. The molecule has 1 atom stereocenters. The molecule has 23 heavy (non-hydrogen) atoms. The molecule has 6 heteroatoms. The van der Waals surface area contributed by atoms with Crippen molar-refractivity contribution in [3.63, 3.8) is 0 Å². The average Bonchev–Trinajstić information content (AvgIpc) is 3.08. The zero-order valence-electron chi connectivity index (χ0n) is 13.4. The van der Waals surface area contributed by atoms with E-state index in [1.165, 1.54) is 0 Å². The number of ether oxygens (including phenoxy) is 3. The maximum atomic E-state index is 12.9. The van der Waals surface area contributed by atoms with E-state index in [4.69, 9.17) is 14.2 Å². The summed E-state index contributed by atoms with van der Waals surface area (Å²) in [5.74, 6) is 0.674. The van der Waals surface area contributed by atoms with Crippen molar-refractivity contribution in [1.29, 1.82) is 0 Å². The average molecular weight is 318 g/mol. The zero-order chi connectivity index (χ0) is 16.1. The van der Waals surface area contributed by atoms with Crippen LogP contribution >= 0.6 is 0 Å². The van der Waals surface area contributed by atoms with Gasteiger partial charge in [0.05, 0.1) is 18.3 Å². The van der Waals surface area contributed by atoms with E-state index in [0.717, 1.165) is 25.1 Å². The molecule has 0 saturated carbocycles. The Hall–Kier alpha value is -2.08. The summed E-state index contributed by atoms with van der Waals surface area (Å²) in [6, 6.07) is 5.69. The number of rotatable bonds is 5. The van der Waals surface area contributed by atoms with Crippen LogP contribution in [-0.2, 0) is 25.5 Å². The standard InChI is InChI=1S/C17H22N2O4/c1-13-16(23-10-9-21-13)17(20)19(12-15-6-4-8-22-15)11-14-5-2-3-7-18-14/h2-3,5,7,15H,4,6,8-12H2,1H3. The number of hydrogen-bond donors (Lipinski definition) is 0. The Balaban J connectivity index is 1.77. The molecule has 1 unspecified atom stereocenters. The number of hydrogen-bond acceptors (Lipinski definition) is 5. The lowest BCUT2D eigenvalue weighted by atomic mass is 10.2. The van der Waals surface area contributed by atoms with Gasteiger partial charge in [-0.15, -0.1) is 0 Å². The molecule has 0 aliphatic carbocycles. The minimum atomic E-state index is -0.164. The number of nitrogens with zero attached hydrogens (tertiary/aromatic N) is 2. The summed E-state index contributed by atoms with van der Waals surface area (Å²) in [6.45, 7) is 4.37. The molecule has 0 aromatic carbocycles. The minimum absolute atomic E-state index is 0.0769. The molecule has 1 amide bonds. The number of aromatic nitrogens is 1. The summed E-state index contributed by atoms with van der Waals surface area (Å²) >= 11 is 0. The first kappa shape index (κ1) is 15.8. The van der Waals surface area contributed by atoms with E-state index in [1.807, 2.05) is 18.2 Å². The molecule has 2 aliphatic heterocycles. The van der Waals surface area contributed by atoms with E-state index < -0.39 is 0 Å². The summed E-state index contributed by atoms with van der Waals surface area (Å²) < 4.78 is 16.7. The van der Waals surface area contributed by atoms with E-state index in [1.54, 1.807) is 18.0 Å². The third-order valence-electron chi connectivity index (χ3n) is 3.98. The van der Waals surface area contributed by atoms with Crippen LogP contribution in [0.1, 0.15) is 25.5 Å². The fourth-order valence-corrected chi connectivity index (χ4v) is 2.80. The van der Waals surface area contributed by atoms with Crippen LogP contribution in [0.4, 0.5) is 0 Å². The Labute approximate surface area is 136 Å². The van der Waals surface area contributed by atoms with E-state index in [-0.39, 0.29) is 12.0 Å². The molecule has 1 saturated heterocycles. The van der Waals surface area contributed by atoms with Gasteiger partial charge in [-0.3, -0.25) is 9.78 Å². The predicted octanol–water partition coefficient (Wildman–Crippen LogP) is 1.87. The van der Waals surface area contributed by atoms with Crippen LogP contribution in [0.3, 0.4) is 0 Å². The number of pyridine rings is 1. The molecule has 124 valence electrons. The van der Waals surface area contributed by atoms with Crippen molar-refractivity contribution in [2.24, 2.45) is 0 Å². The van der Waals surface area contributed by atoms with Gasteiger partial charge >= 0.3 is 0 Å². The third kappa shape index (κ3) is 4.01. The lowest BCUT2D eigenvalue weighted by Crippen LogP contribution is -2.39. The fourth-order valence-electron chi connectivity index (χ4n) is 2.80. The van der Waals surface area contributed by atoms with Crippen LogP contribution in [0, 0.1) is 0 Å². The second kappa shape index (κ2) is 7.46. The summed E-state index contributed by atoms with van der Waals surface area (Å²) in [4.78, 5) is 18.9. The Morgan fingerprint density at radius 3 is 2.87 bits per heavy atom. The Morgan fingerprint density at radius 2 is 2.17 bits per heavy atom. The Morgan fingerprint density at radius 1 is 1.30 bits per heavy atom. The van der Waals surface area contributed by atoms with Crippen molar-refractivity contribution in [3.05, 3.63) is 41.6 Å². The largest absolute Gasteiger partial charge is 0.491 e. The SMILES string of the molecule is CC1=C(C(=O)N(Cc2ccccn2)CC2CCCO2)OCCO1. The van der Waals surface area contributed by atoms with Gasteiger partial charge < -0.3 is 19.1 Å². The van der Waals surface area contributed by atoms with Crippen LogP contribution in [0.15, 0.2) is 35.9 Å². The van der Waals surface area contributed by atoms with Gasteiger partial charge in [0.2, 0.25) is 5.76 Å². The summed E-state index contributed by atoms with van der Waals surface area (Å²) in [7, 11) is 0. The van der Waals surface area contributed by atoms with Crippen molar-refractivity contribution in [1.82, 2.24) is 9.88 Å². The molecular formula is C17H22N2O4. The predicted molar refractivity (Wildman–Crippen MR) is 83.2 cm³/mol. The van der Waals surface area contributed by atoms with Crippen LogP contribution in [0.25, 0.3) is 0 Å². The van der Waals surface area contributed by atoms with Crippen LogP contribution < -0.4 is 0 Å². The summed E-state index contributed by atoms with van der Waals surface area (Å²) in [5.41, 5.74) is 0.842. The Bertz CT molecular complexity index is 567. The van der Waals surface area contributed by atoms with E-state index in [9.17, 15) is 4.79 Å². The van der Waals surface area contributed by atoms with Gasteiger partial charge in [0.15, 0.2) is 0 Å². The summed E-state index contributed by atoms with van der Waals surface area (Å²) in [6.07, 6.45) is 3.82. The molecule has 0 spiro atoms. The van der Waals surface area contributed by atoms with E-state index >= 15 is 0 Å². The van der Waals surface area contributed by atoms with Crippen molar-refractivity contribution in [2.75, 3.05) is 26.4 Å². The van der Waals surface area contributed by atoms with E-state index in [0.29, 0.717) is 37.8 Å². The maximum absolute atomic E-state index is 12.9. The molecule has 3 rings (SSSR count). The summed E-state index contributed by atoms with van der Waals surface area (Å²) in [5, 5.41) is 0. The smallest absolute Gasteiger partial charge is 0.292 e. The lowest BCUT2D eigenvalue weighted by Gasteiger charge is -2.28. The highest BCUT2D eigenvalue weighted by molar-refractivity contribution is 5.92. The normalized spacial score (nSPS) is 20.8. The van der Waals surface area contributed by atoms with Crippen molar-refractivity contribution in [2.45, 2.75) is 32.4 Å². The second-order valence-electron chi connectivity index (χ2n) is 5.72. The monoisotopic (exact) mass is 318 g/mol. The second-order valence-corrected chi connectivity index (χ2v) is 5.72. The van der Waals surface area contributed by atoms with Crippen molar-refractivity contribution < 1.29 is 19.0 Å². The van der Waals surface area contributed by atoms with Crippen LogP contribution in [-0.4, -0.2) is 48.3 Å². The van der Waals surface area contributed by atoms with Crippen molar-refractivity contribution in [3.8, 4) is 0 Å². The first-order chi connectivity index (χ1) is 11.2.